The highest BCUT2D eigenvalue weighted by atomic mass is 16.6. The van der Waals surface area contributed by atoms with Crippen LogP contribution in [0.1, 0.15) is 46.4 Å². The first-order valence-corrected chi connectivity index (χ1v) is 10.5. The number of carbonyl (C=O) groups is 2. The minimum Gasteiger partial charge on any atom is -0.347 e. The number of benzene rings is 2. The van der Waals surface area contributed by atoms with Gasteiger partial charge in [-0.2, -0.15) is 0 Å². The highest BCUT2D eigenvalue weighted by Gasteiger charge is 2.30. The average Bonchev–Trinajstić information content (AvgIpc) is 2.84. The molecule has 3 rings (SSSR count). The Morgan fingerprint density at radius 3 is 1.11 bits per heavy atom. The SMILES string of the molecule is O=C(NC1CCCCC1NC(=O)c1cc([N+](=O)[O-])cc([N+](=O)[O-])c1)c1cc([N+](=O)[O-])cc([N+](=O)[O-])c1. The van der Waals surface area contributed by atoms with Crippen LogP contribution in [-0.2, 0) is 0 Å². The Kier molecular flexibility index (Phi) is 7.46. The van der Waals surface area contributed by atoms with Gasteiger partial charge in [-0.3, -0.25) is 50.0 Å². The summed E-state index contributed by atoms with van der Waals surface area (Å²) in [6, 6.07) is 3.64. The first-order chi connectivity index (χ1) is 17.0. The normalized spacial score (nSPS) is 17.0. The molecule has 16 nitrogen and oxygen atoms in total. The summed E-state index contributed by atoms with van der Waals surface area (Å²) >= 11 is 0. The summed E-state index contributed by atoms with van der Waals surface area (Å²) < 4.78 is 0. The molecule has 2 aromatic carbocycles. The quantitative estimate of drug-likeness (QED) is 0.395. The topological polar surface area (TPSA) is 231 Å². The van der Waals surface area contributed by atoms with E-state index in [-0.39, 0.29) is 11.1 Å². The molecule has 2 atom stereocenters. The molecule has 1 aliphatic carbocycles. The number of rotatable bonds is 8. The Labute approximate surface area is 200 Å². The Hall–Kier alpha value is -5.02. The molecule has 0 aromatic heterocycles. The van der Waals surface area contributed by atoms with Crippen LogP contribution >= 0.6 is 0 Å². The monoisotopic (exact) mass is 502 g/mol. The summed E-state index contributed by atoms with van der Waals surface area (Å²) in [5.74, 6) is -1.67. The molecule has 16 heteroatoms. The zero-order chi connectivity index (χ0) is 26.6. The molecule has 36 heavy (non-hydrogen) atoms. The first kappa shape index (κ1) is 25.6. The first-order valence-electron chi connectivity index (χ1n) is 10.5. The number of hydrogen-bond acceptors (Lipinski definition) is 10. The van der Waals surface area contributed by atoms with E-state index in [9.17, 15) is 50.0 Å². The Balaban J connectivity index is 1.82. The minimum atomic E-state index is -0.869. The summed E-state index contributed by atoms with van der Waals surface area (Å²) in [5.41, 5.74) is -3.21. The van der Waals surface area contributed by atoms with Gasteiger partial charge < -0.3 is 10.6 Å². The lowest BCUT2D eigenvalue weighted by Crippen LogP contribution is -2.53. The van der Waals surface area contributed by atoms with E-state index in [0.29, 0.717) is 25.7 Å². The maximum atomic E-state index is 12.8. The second-order valence-corrected chi connectivity index (χ2v) is 7.95. The van der Waals surface area contributed by atoms with Crippen LogP contribution in [0.2, 0.25) is 0 Å². The Bertz CT molecular complexity index is 1120. The predicted molar refractivity (Wildman–Crippen MR) is 120 cm³/mol. The lowest BCUT2D eigenvalue weighted by atomic mass is 9.89. The second kappa shape index (κ2) is 10.5. The number of nitrogens with one attached hydrogen (secondary N) is 2. The van der Waals surface area contributed by atoms with Gasteiger partial charge in [-0.1, -0.05) is 12.8 Å². The molecule has 2 N–H and O–H groups in total. The molecule has 2 amide bonds. The summed E-state index contributed by atoms with van der Waals surface area (Å²) in [5, 5.41) is 49.6. The molecule has 2 unspecified atom stereocenters. The number of nitro benzene ring substituents is 4. The fraction of sp³-hybridized carbons (Fsp3) is 0.300. The summed E-state index contributed by atoms with van der Waals surface area (Å²) in [7, 11) is 0. The van der Waals surface area contributed by atoms with Gasteiger partial charge in [0.2, 0.25) is 0 Å². The van der Waals surface area contributed by atoms with Crippen LogP contribution < -0.4 is 10.6 Å². The molecule has 0 spiro atoms. The van der Waals surface area contributed by atoms with E-state index in [2.05, 4.69) is 10.6 Å². The van der Waals surface area contributed by atoms with E-state index in [0.717, 1.165) is 36.4 Å². The predicted octanol–water partition coefficient (Wildman–Crippen LogP) is 2.79. The number of nitrogens with zero attached hydrogens (tertiary/aromatic N) is 4. The van der Waals surface area contributed by atoms with Gasteiger partial charge >= 0.3 is 0 Å². The molecule has 0 saturated heterocycles. The third kappa shape index (κ3) is 5.91. The van der Waals surface area contributed by atoms with Gasteiger partial charge in [-0.25, -0.2) is 0 Å². The van der Waals surface area contributed by atoms with Crippen LogP contribution in [0.25, 0.3) is 0 Å². The van der Waals surface area contributed by atoms with Crippen molar-refractivity contribution in [3.63, 3.8) is 0 Å². The number of hydrogen-bond donors (Lipinski definition) is 2. The zero-order valence-electron chi connectivity index (χ0n) is 18.3. The van der Waals surface area contributed by atoms with Gasteiger partial charge in [0.1, 0.15) is 0 Å². The van der Waals surface area contributed by atoms with Crippen molar-refractivity contribution in [1.29, 1.82) is 0 Å². The summed E-state index contributed by atoms with van der Waals surface area (Å²) in [6.45, 7) is 0. The molecule has 188 valence electrons. The van der Waals surface area contributed by atoms with Crippen LogP contribution in [0.5, 0.6) is 0 Å². The molecule has 1 fully saturated rings. The van der Waals surface area contributed by atoms with Gasteiger partial charge in [0.05, 0.1) is 43.0 Å². The number of amides is 2. The fourth-order valence-electron chi connectivity index (χ4n) is 3.85. The maximum Gasteiger partial charge on any atom is 0.277 e. The number of non-ortho nitro benzene ring substituents is 4. The van der Waals surface area contributed by atoms with Crippen LogP contribution in [0.3, 0.4) is 0 Å². The van der Waals surface area contributed by atoms with Crippen LogP contribution in [0.4, 0.5) is 22.7 Å². The van der Waals surface area contributed by atoms with Gasteiger partial charge in [0.25, 0.3) is 34.6 Å². The number of carbonyl (C=O) groups excluding carboxylic acids is 2. The second-order valence-electron chi connectivity index (χ2n) is 7.95. The zero-order valence-corrected chi connectivity index (χ0v) is 18.3. The van der Waals surface area contributed by atoms with Crippen molar-refractivity contribution in [1.82, 2.24) is 10.6 Å². The smallest absolute Gasteiger partial charge is 0.277 e. The van der Waals surface area contributed by atoms with Crippen molar-refractivity contribution < 1.29 is 29.3 Å². The van der Waals surface area contributed by atoms with E-state index in [1.165, 1.54) is 0 Å². The standard InChI is InChI=1S/C20H18N6O10/c27-19(11-5-13(23(29)30)9-14(6-11)24(31)32)21-17-3-1-2-4-18(17)22-20(28)12-7-15(25(33)34)10-16(8-12)26(35)36/h5-10,17-18H,1-4H2,(H,21,27)(H,22,28). The van der Waals surface area contributed by atoms with E-state index in [1.54, 1.807) is 0 Å². The van der Waals surface area contributed by atoms with Gasteiger partial charge in [-0.05, 0) is 12.8 Å². The van der Waals surface area contributed by atoms with Crippen molar-refractivity contribution >= 4 is 34.6 Å². The minimum absolute atomic E-state index is 0.319. The lowest BCUT2D eigenvalue weighted by Gasteiger charge is -2.32. The van der Waals surface area contributed by atoms with Crippen LogP contribution in [0, 0.1) is 40.5 Å². The molecule has 1 saturated carbocycles. The van der Waals surface area contributed by atoms with Gasteiger partial charge in [0.15, 0.2) is 0 Å². The highest BCUT2D eigenvalue weighted by Crippen LogP contribution is 2.26. The van der Waals surface area contributed by atoms with E-state index in [1.807, 2.05) is 0 Å². The largest absolute Gasteiger partial charge is 0.347 e. The lowest BCUT2D eigenvalue weighted by molar-refractivity contribution is -0.394. The van der Waals surface area contributed by atoms with E-state index < -0.39 is 66.3 Å². The molecular formula is C20H18N6O10. The summed E-state index contributed by atoms with van der Waals surface area (Å²) in [6.07, 6.45) is 2.11. The number of nitro groups is 4. The highest BCUT2D eigenvalue weighted by molar-refractivity contribution is 5.97. The van der Waals surface area contributed by atoms with E-state index >= 15 is 0 Å². The molecule has 0 bridgehead atoms. The third-order valence-corrected chi connectivity index (χ3v) is 5.57. The Morgan fingerprint density at radius 2 is 0.861 bits per heavy atom. The Morgan fingerprint density at radius 1 is 0.583 bits per heavy atom. The summed E-state index contributed by atoms with van der Waals surface area (Å²) in [4.78, 5) is 66.5. The molecule has 0 heterocycles. The molecule has 1 aliphatic rings. The van der Waals surface area contributed by atoms with Gasteiger partial charge in [0, 0.05) is 36.3 Å². The van der Waals surface area contributed by atoms with Crippen LogP contribution in [0.15, 0.2) is 36.4 Å². The fourth-order valence-corrected chi connectivity index (χ4v) is 3.85. The maximum absolute atomic E-state index is 12.8. The molecule has 0 aliphatic heterocycles. The van der Waals surface area contributed by atoms with Crippen molar-refractivity contribution in [3.05, 3.63) is 88.0 Å². The molecule has 0 radical (unpaired) electrons. The van der Waals surface area contributed by atoms with Crippen molar-refractivity contribution in [2.24, 2.45) is 0 Å². The molecule has 2 aromatic rings. The van der Waals surface area contributed by atoms with Crippen LogP contribution in [-0.4, -0.2) is 43.6 Å². The van der Waals surface area contributed by atoms with Crippen molar-refractivity contribution in [2.75, 3.05) is 0 Å². The van der Waals surface area contributed by atoms with Crippen molar-refractivity contribution in [2.45, 2.75) is 37.8 Å². The van der Waals surface area contributed by atoms with E-state index in [4.69, 9.17) is 0 Å². The molecular weight excluding hydrogens is 484 g/mol. The van der Waals surface area contributed by atoms with Crippen molar-refractivity contribution in [3.8, 4) is 0 Å². The average molecular weight is 502 g/mol. The van der Waals surface area contributed by atoms with Gasteiger partial charge in [-0.15, -0.1) is 0 Å². The third-order valence-electron chi connectivity index (χ3n) is 5.57.